The number of hydrogen-bond donors (Lipinski definition) is 1. The Bertz CT molecular complexity index is 925. The van der Waals surface area contributed by atoms with Gasteiger partial charge < -0.3 is 5.32 Å². The molecule has 136 valence electrons. The van der Waals surface area contributed by atoms with Crippen LogP contribution in [-0.2, 0) is 13.0 Å². The zero-order valence-electron chi connectivity index (χ0n) is 15.1. The minimum atomic E-state index is -0.352. The van der Waals surface area contributed by atoms with Gasteiger partial charge in [-0.15, -0.1) is 0 Å². The number of aryl methyl sites for hydroxylation is 2. The Morgan fingerprint density at radius 1 is 1.00 bits per heavy atom. The van der Waals surface area contributed by atoms with E-state index in [1.165, 1.54) is 10.2 Å². The van der Waals surface area contributed by atoms with Gasteiger partial charge in [-0.25, -0.2) is 4.79 Å². The van der Waals surface area contributed by atoms with Gasteiger partial charge >= 0.3 is 6.03 Å². The van der Waals surface area contributed by atoms with Crippen LogP contribution in [0.1, 0.15) is 31.7 Å². The molecule has 3 rings (SSSR count). The minimum absolute atomic E-state index is 0.262. The first-order valence-electron chi connectivity index (χ1n) is 9.25. The number of benzene rings is 2. The van der Waals surface area contributed by atoms with Crippen LogP contribution in [0.3, 0.4) is 0 Å². The summed E-state index contributed by atoms with van der Waals surface area (Å²) in [5.41, 5.74) is 1.70. The zero-order chi connectivity index (χ0) is 18.4. The molecule has 2 aromatic carbocycles. The van der Waals surface area contributed by atoms with E-state index in [0.717, 1.165) is 31.2 Å². The van der Waals surface area contributed by atoms with Crippen molar-refractivity contribution in [3.8, 4) is 0 Å². The molecule has 5 heteroatoms. The molecule has 0 aliphatic carbocycles. The van der Waals surface area contributed by atoms with Crippen LogP contribution in [-0.4, -0.2) is 21.9 Å². The van der Waals surface area contributed by atoms with Crippen molar-refractivity contribution in [3.05, 3.63) is 70.5 Å². The van der Waals surface area contributed by atoms with Crippen LogP contribution in [0.15, 0.2) is 59.4 Å². The van der Waals surface area contributed by atoms with E-state index in [-0.39, 0.29) is 11.6 Å². The molecule has 0 unspecified atom stereocenters. The van der Waals surface area contributed by atoms with Crippen molar-refractivity contribution in [2.45, 2.75) is 39.2 Å². The molecule has 0 saturated heterocycles. The minimum Gasteiger partial charge on any atom is -0.336 e. The van der Waals surface area contributed by atoms with Gasteiger partial charge in [0.2, 0.25) is 0 Å². The third-order valence-electron chi connectivity index (χ3n) is 4.55. The lowest BCUT2D eigenvalue weighted by atomic mass is 10.1. The molecule has 0 spiro atoms. The number of fused-ring (bicyclic) bond motifs is 1. The van der Waals surface area contributed by atoms with Gasteiger partial charge in [-0.3, -0.25) is 9.48 Å². The Kier molecular flexibility index (Phi) is 5.89. The van der Waals surface area contributed by atoms with Gasteiger partial charge in [0.25, 0.3) is 5.56 Å². The number of hydrogen-bond acceptors (Lipinski definition) is 2. The first-order valence-corrected chi connectivity index (χ1v) is 9.25. The van der Waals surface area contributed by atoms with Gasteiger partial charge in [0.05, 0.1) is 10.9 Å². The van der Waals surface area contributed by atoms with Crippen LogP contribution < -0.4 is 10.9 Å². The summed E-state index contributed by atoms with van der Waals surface area (Å²) in [6, 6.07) is 17.1. The van der Waals surface area contributed by atoms with Crippen LogP contribution in [0.2, 0.25) is 0 Å². The van der Waals surface area contributed by atoms with Gasteiger partial charge in [0.1, 0.15) is 0 Å². The number of nitrogens with one attached hydrogen (secondary N) is 1. The standard InChI is InChI=1S/C21H25N3O2/c1-2-3-9-15-22-21(26)24-20(25)18-12-7-8-13-19(18)23(24)16-14-17-10-5-4-6-11-17/h4-8,10-13H,2-3,9,14-16H2,1H3,(H,22,26). The average Bonchev–Trinajstić information content (AvgIpc) is 2.96. The summed E-state index contributed by atoms with van der Waals surface area (Å²) in [5.74, 6) is 0. The van der Waals surface area contributed by atoms with Crippen molar-refractivity contribution in [3.63, 3.8) is 0 Å². The predicted octanol–water partition coefficient (Wildman–Crippen LogP) is 3.79. The molecule has 0 saturated carbocycles. The van der Waals surface area contributed by atoms with Gasteiger partial charge in [0.15, 0.2) is 0 Å². The normalized spacial score (nSPS) is 11.0. The molecule has 0 atom stereocenters. The fourth-order valence-corrected chi connectivity index (χ4v) is 3.16. The van der Waals surface area contributed by atoms with Crippen LogP contribution in [0.4, 0.5) is 4.79 Å². The van der Waals surface area contributed by atoms with Crippen molar-refractivity contribution in [1.29, 1.82) is 0 Å². The highest BCUT2D eigenvalue weighted by atomic mass is 16.2. The summed E-state index contributed by atoms with van der Waals surface area (Å²) < 4.78 is 3.04. The summed E-state index contributed by atoms with van der Waals surface area (Å²) >= 11 is 0. The molecule has 0 bridgehead atoms. The highest BCUT2D eigenvalue weighted by Crippen LogP contribution is 2.12. The third kappa shape index (κ3) is 3.87. The van der Waals surface area contributed by atoms with E-state index >= 15 is 0 Å². The monoisotopic (exact) mass is 351 g/mol. The van der Waals surface area contributed by atoms with Gasteiger partial charge in [-0.05, 0) is 30.5 Å². The fourth-order valence-electron chi connectivity index (χ4n) is 3.16. The summed E-state index contributed by atoms with van der Waals surface area (Å²) in [5, 5.41) is 3.45. The molecular weight excluding hydrogens is 326 g/mol. The average molecular weight is 351 g/mol. The van der Waals surface area contributed by atoms with Crippen molar-refractivity contribution < 1.29 is 4.79 Å². The molecule has 26 heavy (non-hydrogen) atoms. The van der Waals surface area contributed by atoms with Gasteiger partial charge in [0, 0.05) is 13.1 Å². The van der Waals surface area contributed by atoms with Gasteiger partial charge in [-0.2, -0.15) is 4.68 Å². The number of nitrogens with zero attached hydrogens (tertiary/aromatic N) is 2. The molecular formula is C21H25N3O2. The first kappa shape index (κ1) is 18.0. The Balaban J connectivity index is 1.89. The van der Waals surface area contributed by atoms with Crippen LogP contribution >= 0.6 is 0 Å². The second kappa shape index (κ2) is 8.52. The molecule has 1 heterocycles. The van der Waals surface area contributed by atoms with E-state index in [0.29, 0.717) is 18.5 Å². The second-order valence-corrected chi connectivity index (χ2v) is 6.43. The van der Waals surface area contributed by atoms with E-state index < -0.39 is 0 Å². The predicted molar refractivity (Wildman–Crippen MR) is 105 cm³/mol. The Hall–Kier alpha value is -2.82. The van der Waals surface area contributed by atoms with Crippen molar-refractivity contribution >= 4 is 16.9 Å². The van der Waals surface area contributed by atoms with Gasteiger partial charge in [-0.1, -0.05) is 62.2 Å². The van der Waals surface area contributed by atoms with E-state index in [9.17, 15) is 9.59 Å². The Morgan fingerprint density at radius 3 is 2.50 bits per heavy atom. The SMILES string of the molecule is CCCCCNC(=O)n1c(=O)c2ccccc2n1CCc1ccccc1. The maximum absolute atomic E-state index is 12.8. The lowest BCUT2D eigenvalue weighted by Crippen LogP contribution is -2.39. The van der Waals surface area contributed by atoms with Crippen LogP contribution in [0.25, 0.3) is 10.9 Å². The van der Waals surface area contributed by atoms with E-state index in [4.69, 9.17) is 0 Å². The molecule has 0 radical (unpaired) electrons. The smallest absolute Gasteiger partial charge is 0.336 e. The maximum Gasteiger partial charge on any atom is 0.343 e. The third-order valence-corrected chi connectivity index (χ3v) is 4.55. The summed E-state index contributed by atoms with van der Waals surface area (Å²) in [4.78, 5) is 25.4. The molecule has 0 aliphatic rings. The lowest BCUT2D eigenvalue weighted by molar-refractivity contribution is 0.234. The molecule has 1 amide bonds. The number of carbonyl (C=O) groups excluding carboxylic acids is 1. The van der Waals surface area contributed by atoms with E-state index in [1.807, 2.05) is 36.4 Å². The molecule has 0 aliphatic heterocycles. The maximum atomic E-state index is 12.8. The van der Waals surface area contributed by atoms with Crippen molar-refractivity contribution in [2.75, 3.05) is 6.54 Å². The number of amides is 1. The molecule has 3 aromatic rings. The molecule has 1 N–H and O–H groups in total. The Morgan fingerprint density at radius 2 is 1.73 bits per heavy atom. The number of aromatic nitrogens is 2. The summed E-state index contributed by atoms with van der Waals surface area (Å²) in [7, 11) is 0. The number of para-hydroxylation sites is 1. The zero-order valence-corrected chi connectivity index (χ0v) is 15.1. The number of unbranched alkanes of at least 4 members (excludes halogenated alkanes) is 2. The van der Waals surface area contributed by atoms with Crippen molar-refractivity contribution in [1.82, 2.24) is 14.7 Å². The Labute approximate surface area is 153 Å². The molecule has 0 fully saturated rings. The van der Waals surface area contributed by atoms with Crippen LogP contribution in [0.5, 0.6) is 0 Å². The molecule has 1 aromatic heterocycles. The van der Waals surface area contributed by atoms with Crippen LogP contribution in [0, 0.1) is 0 Å². The first-order chi connectivity index (χ1) is 12.7. The number of rotatable bonds is 7. The lowest BCUT2D eigenvalue weighted by Gasteiger charge is -2.12. The molecule has 5 nitrogen and oxygen atoms in total. The van der Waals surface area contributed by atoms with E-state index in [1.54, 1.807) is 10.7 Å². The summed E-state index contributed by atoms with van der Waals surface area (Å²) in [6.45, 7) is 3.27. The second-order valence-electron chi connectivity index (χ2n) is 6.43. The largest absolute Gasteiger partial charge is 0.343 e. The van der Waals surface area contributed by atoms with E-state index in [2.05, 4.69) is 24.4 Å². The van der Waals surface area contributed by atoms with Crippen molar-refractivity contribution in [2.24, 2.45) is 0 Å². The number of carbonyl (C=O) groups is 1. The topological polar surface area (TPSA) is 56.0 Å². The quantitative estimate of drug-likeness (QED) is 0.658. The highest BCUT2D eigenvalue weighted by Gasteiger charge is 2.17. The highest BCUT2D eigenvalue weighted by molar-refractivity contribution is 5.85. The summed E-state index contributed by atoms with van der Waals surface area (Å²) in [6.07, 6.45) is 3.82. The fraction of sp³-hybridized carbons (Fsp3) is 0.333.